The van der Waals surface area contributed by atoms with Gasteiger partial charge in [-0.3, -0.25) is 4.98 Å². The minimum absolute atomic E-state index is 0.622. The first-order chi connectivity index (χ1) is 25.3. The maximum Gasteiger partial charge on any atom is 0.144 e. The van der Waals surface area contributed by atoms with E-state index in [0.717, 1.165) is 71.7 Å². The fraction of sp³-hybridized carbons (Fsp3) is 0.0208. The molecule has 0 fully saturated rings. The third kappa shape index (κ3) is 3.31. The number of furan rings is 2. The normalized spacial score (nSPS) is 13.6. The van der Waals surface area contributed by atoms with Gasteiger partial charge in [-0.1, -0.05) is 115 Å². The molecule has 0 N–H and O–H groups in total. The number of pyridine rings is 1. The molecule has 236 valence electrons. The van der Waals surface area contributed by atoms with Gasteiger partial charge in [-0.15, -0.1) is 0 Å². The van der Waals surface area contributed by atoms with Crippen molar-refractivity contribution in [3.05, 3.63) is 186 Å². The summed E-state index contributed by atoms with van der Waals surface area (Å²) in [5, 5.41) is 4.44. The average Bonchev–Trinajstić information content (AvgIpc) is 3.93. The molecule has 0 saturated heterocycles. The molecule has 0 amide bonds. The van der Waals surface area contributed by atoms with Crippen molar-refractivity contribution in [2.75, 3.05) is 0 Å². The highest BCUT2D eigenvalue weighted by atomic mass is 16.3. The van der Waals surface area contributed by atoms with Crippen LogP contribution < -0.4 is 0 Å². The number of hydrogen-bond acceptors (Lipinski definition) is 3. The SMILES string of the molecule is c1ccc(-c2cc3c(c4oc5ccccc5c24)-c2c(cc(-c4ccncc4)c4c2oc2ccccc24)C32c3ccccc3-c3ccccc32)cc1. The van der Waals surface area contributed by atoms with Crippen LogP contribution in [0.4, 0.5) is 0 Å². The van der Waals surface area contributed by atoms with Gasteiger partial charge < -0.3 is 8.83 Å². The summed E-state index contributed by atoms with van der Waals surface area (Å²) in [5.74, 6) is 0. The van der Waals surface area contributed by atoms with Crippen molar-refractivity contribution in [3.8, 4) is 44.5 Å². The van der Waals surface area contributed by atoms with E-state index in [1.54, 1.807) is 0 Å². The quantitative estimate of drug-likeness (QED) is 0.187. The van der Waals surface area contributed by atoms with E-state index in [0.29, 0.717) is 0 Å². The Hall–Kier alpha value is -6.71. The molecule has 2 aliphatic rings. The Morgan fingerprint density at radius 1 is 0.392 bits per heavy atom. The molecule has 2 aliphatic carbocycles. The van der Waals surface area contributed by atoms with Crippen LogP contribution in [-0.2, 0) is 5.41 Å². The zero-order valence-corrected chi connectivity index (χ0v) is 27.4. The molecule has 10 aromatic rings. The first kappa shape index (κ1) is 27.2. The van der Waals surface area contributed by atoms with E-state index in [1.807, 2.05) is 12.4 Å². The minimum Gasteiger partial charge on any atom is -0.455 e. The fourth-order valence-corrected chi connectivity index (χ4v) is 9.45. The topological polar surface area (TPSA) is 39.2 Å². The predicted molar refractivity (Wildman–Crippen MR) is 206 cm³/mol. The van der Waals surface area contributed by atoms with Gasteiger partial charge >= 0.3 is 0 Å². The predicted octanol–water partition coefficient (Wildman–Crippen LogP) is 12.6. The number of hydrogen-bond donors (Lipinski definition) is 0. The van der Waals surface area contributed by atoms with Crippen molar-refractivity contribution in [2.45, 2.75) is 5.41 Å². The lowest BCUT2D eigenvalue weighted by atomic mass is 9.69. The van der Waals surface area contributed by atoms with Gasteiger partial charge in [0.25, 0.3) is 0 Å². The molecule has 0 bridgehead atoms. The molecule has 3 nitrogen and oxygen atoms in total. The standard InChI is InChI=1S/C48H27NO2/c1-2-12-28(13-3-1)34-26-38-44(46-42(34)32-16-6-10-20-40(32)50-46)45-39(48(38)36-18-8-4-14-30(36)31-15-5-9-19-37(31)48)27-35(29-22-24-49-25-23-29)43-33-17-7-11-21-41(33)51-47(43)45/h1-27H. The van der Waals surface area contributed by atoms with Gasteiger partial charge in [-0.25, -0.2) is 0 Å². The number of aromatic nitrogens is 1. The number of para-hydroxylation sites is 2. The Morgan fingerprint density at radius 2 is 0.843 bits per heavy atom. The maximum atomic E-state index is 7.08. The van der Waals surface area contributed by atoms with Crippen molar-refractivity contribution >= 4 is 43.9 Å². The van der Waals surface area contributed by atoms with Gasteiger partial charge in [-0.05, 0) is 92.0 Å². The summed E-state index contributed by atoms with van der Waals surface area (Å²) in [6.07, 6.45) is 3.76. The summed E-state index contributed by atoms with van der Waals surface area (Å²) in [7, 11) is 0. The van der Waals surface area contributed by atoms with Crippen LogP contribution in [0.15, 0.2) is 173 Å². The summed E-state index contributed by atoms with van der Waals surface area (Å²) in [5.41, 5.74) is 17.2. The minimum atomic E-state index is -0.622. The molecule has 3 heterocycles. The molecule has 51 heavy (non-hydrogen) atoms. The third-order valence-electron chi connectivity index (χ3n) is 11.4. The zero-order valence-electron chi connectivity index (χ0n) is 27.4. The molecule has 0 radical (unpaired) electrons. The van der Waals surface area contributed by atoms with Crippen LogP contribution in [0.1, 0.15) is 22.3 Å². The molecule has 0 atom stereocenters. The molecule has 12 rings (SSSR count). The Labute approximate surface area is 293 Å². The molecule has 3 aromatic heterocycles. The van der Waals surface area contributed by atoms with Crippen molar-refractivity contribution < 1.29 is 8.83 Å². The molecule has 1 spiro atoms. The lowest BCUT2D eigenvalue weighted by Gasteiger charge is -2.31. The monoisotopic (exact) mass is 649 g/mol. The van der Waals surface area contributed by atoms with E-state index in [4.69, 9.17) is 8.83 Å². The van der Waals surface area contributed by atoms with Gasteiger partial charge in [0.1, 0.15) is 22.3 Å². The first-order valence-electron chi connectivity index (χ1n) is 17.5. The van der Waals surface area contributed by atoms with Crippen molar-refractivity contribution in [1.82, 2.24) is 4.98 Å². The molecule has 7 aromatic carbocycles. The van der Waals surface area contributed by atoms with Crippen LogP contribution in [0.2, 0.25) is 0 Å². The summed E-state index contributed by atoms with van der Waals surface area (Å²) in [6.45, 7) is 0. The van der Waals surface area contributed by atoms with E-state index in [1.165, 1.54) is 38.9 Å². The van der Waals surface area contributed by atoms with Crippen LogP contribution in [0.25, 0.3) is 88.4 Å². The number of nitrogens with zero attached hydrogens (tertiary/aromatic N) is 1. The van der Waals surface area contributed by atoms with Gasteiger partial charge in [0.2, 0.25) is 0 Å². The van der Waals surface area contributed by atoms with Gasteiger partial charge in [0.05, 0.1) is 5.41 Å². The Morgan fingerprint density at radius 3 is 1.39 bits per heavy atom. The maximum absolute atomic E-state index is 7.08. The highest BCUT2D eigenvalue weighted by Gasteiger charge is 2.54. The molecule has 0 unspecified atom stereocenters. The summed E-state index contributed by atoms with van der Waals surface area (Å²) in [6, 6.07) is 54.7. The Bertz CT molecular complexity index is 2870. The number of benzene rings is 7. The van der Waals surface area contributed by atoms with Crippen LogP contribution in [0, 0.1) is 0 Å². The smallest absolute Gasteiger partial charge is 0.144 e. The van der Waals surface area contributed by atoms with Gasteiger partial charge in [-0.2, -0.15) is 0 Å². The Kier molecular flexibility index (Phi) is 5.17. The highest BCUT2D eigenvalue weighted by molar-refractivity contribution is 6.24. The largest absolute Gasteiger partial charge is 0.455 e. The first-order valence-corrected chi connectivity index (χ1v) is 17.5. The summed E-state index contributed by atoms with van der Waals surface area (Å²) >= 11 is 0. The average molecular weight is 650 g/mol. The lowest BCUT2D eigenvalue weighted by molar-refractivity contribution is 0.665. The second kappa shape index (κ2) is 9.71. The van der Waals surface area contributed by atoms with E-state index < -0.39 is 5.41 Å². The molecular weight excluding hydrogens is 623 g/mol. The van der Waals surface area contributed by atoms with Crippen molar-refractivity contribution in [3.63, 3.8) is 0 Å². The van der Waals surface area contributed by atoms with Crippen LogP contribution in [0.5, 0.6) is 0 Å². The Balaban J connectivity index is 1.38. The second-order valence-electron chi connectivity index (χ2n) is 13.7. The third-order valence-corrected chi connectivity index (χ3v) is 11.4. The van der Waals surface area contributed by atoms with Crippen molar-refractivity contribution in [2.24, 2.45) is 0 Å². The van der Waals surface area contributed by atoms with E-state index >= 15 is 0 Å². The molecular formula is C48H27NO2. The van der Waals surface area contributed by atoms with Gasteiger partial charge in [0.15, 0.2) is 0 Å². The van der Waals surface area contributed by atoms with Gasteiger partial charge in [0, 0.05) is 45.1 Å². The van der Waals surface area contributed by atoms with Crippen LogP contribution in [-0.4, -0.2) is 4.98 Å². The van der Waals surface area contributed by atoms with Crippen molar-refractivity contribution in [1.29, 1.82) is 0 Å². The number of fused-ring (bicyclic) bond motifs is 18. The van der Waals surface area contributed by atoms with Crippen LogP contribution in [0.3, 0.4) is 0 Å². The highest BCUT2D eigenvalue weighted by Crippen LogP contribution is 2.67. The zero-order chi connectivity index (χ0) is 33.3. The van der Waals surface area contributed by atoms with E-state index in [-0.39, 0.29) is 0 Å². The second-order valence-corrected chi connectivity index (χ2v) is 13.7. The fourth-order valence-electron chi connectivity index (χ4n) is 9.45. The summed E-state index contributed by atoms with van der Waals surface area (Å²) < 4.78 is 14.2. The van der Waals surface area contributed by atoms with Crippen LogP contribution >= 0.6 is 0 Å². The molecule has 0 aliphatic heterocycles. The molecule has 3 heteroatoms. The van der Waals surface area contributed by atoms with E-state index in [9.17, 15) is 0 Å². The number of rotatable bonds is 2. The van der Waals surface area contributed by atoms with E-state index in [2.05, 4.69) is 157 Å². The lowest BCUT2D eigenvalue weighted by Crippen LogP contribution is -2.26. The molecule has 0 saturated carbocycles. The summed E-state index contributed by atoms with van der Waals surface area (Å²) in [4.78, 5) is 4.39.